The van der Waals surface area contributed by atoms with Crippen LogP contribution in [0, 0.1) is 4.91 Å². The molecule has 0 aromatic heterocycles. The van der Waals surface area contributed by atoms with Crippen molar-refractivity contribution in [3.63, 3.8) is 0 Å². The third kappa shape index (κ3) is 1.04. The molecule has 1 aliphatic rings. The smallest absolute Gasteiger partial charge is 0.316 e. The van der Waals surface area contributed by atoms with Crippen molar-refractivity contribution in [1.82, 2.24) is 5.01 Å². The quantitative estimate of drug-likeness (QED) is 0.517. The van der Waals surface area contributed by atoms with Gasteiger partial charge in [-0.1, -0.05) is 0 Å². The highest BCUT2D eigenvalue weighted by atomic mass is 16.3. The Morgan fingerprint density at radius 3 is 2.90 bits per heavy atom. The molecule has 0 atom stereocenters. The molecule has 0 aromatic carbocycles. The van der Waals surface area contributed by atoms with E-state index in [2.05, 4.69) is 10.3 Å². The zero-order chi connectivity index (χ0) is 7.56. The third-order valence-corrected chi connectivity index (χ3v) is 0.991. The van der Waals surface area contributed by atoms with E-state index < -0.39 is 6.02 Å². The zero-order valence-electron chi connectivity index (χ0n) is 4.93. The summed E-state index contributed by atoms with van der Waals surface area (Å²) in [7, 11) is 0. The van der Waals surface area contributed by atoms with Gasteiger partial charge in [-0.25, -0.2) is 0 Å². The molecular weight excluding hydrogens is 138 g/mol. The molecule has 1 heterocycles. The van der Waals surface area contributed by atoms with Crippen LogP contribution in [-0.2, 0) is 0 Å². The molecule has 0 amide bonds. The van der Waals surface area contributed by atoms with Crippen LogP contribution in [0.25, 0.3) is 0 Å². The summed E-state index contributed by atoms with van der Waals surface area (Å²) in [6.45, 7) is 0.0463. The van der Waals surface area contributed by atoms with Crippen molar-refractivity contribution in [2.24, 2.45) is 10.3 Å². The summed E-state index contributed by atoms with van der Waals surface area (Å²) in [6, 6.07) is -0.588. The van der Waals surface area contributed by atoms with Crippen LogP contribution < -0.4 is 0 Å². The van der Waals surface area contributed by atoms with Crippen LogP contribution in [0.5, 0.6) is 0 Å². The summed E-state index contributed by atoms with van der Waals surface area (Å²) in [6.07, 6.45) is 1.25. The first-order valence-electron chi connectivity index (χ1n) is 2.51. The van der Waals surface area contributed by atoms with E-state index in [9.17, 15) is 4.91 Å². The monoisotopic (exact) mass is 143 g/mol. The zero-order valence-corrected chi connectivity index (χ0v) is 4.93. The second-order valence-corrected chi connectivity index (χ2v) is 1.64. The molecule has 1 rings (SSSR count). The van der Waals surface area contributed by atoms with Gasteiger partial charge >= 0.3 is 6.02 Å². The number of aliphatic hydroxyl groups excluding tert-OH is 2. The molecular formula is C4H5N3O3. The fourth-order valence-corrected chi connectivity index (χ4v) is 0.525. The molecule has 6 heteroatoms. The molecule has 0 unspecified atom stereocenters. The van der Waals surface area contributed by atoms with E-state index >= 15 is 0 Å². The number of hydrogen-bond acceptors (Lipinski definition) is 4. The Morgan fingerprint density at radius 1 is 1.70 bits per heavy atom. The molecule has 0 radical (unpaired) electrons. The van der Waals surface area contributed by atoms with Crippen LogP contribution in [0.1, 0.15) is 0 Å². The Bertz CT molecular complexity index is 210. The van der Waals surface area contributed by atoms with E-state index in [1.165, 1.54) is 6.08 Å². The highest BCUT2D eigenvalue weighted by Crippen LogP contribution is 2.03. The standard InChI is InChI=1S/C4H5N3O3/c8-3-1-2-7(6-10)4(9)5-3/h1,8H,2H2,(H,5,9). The Morgan fingerprint density at radius 2 is 2.40 bits per heavy atom. The highest BCUT2D eigenvalue weighted by molar-refractivity contribution is 5.73. The molecule has 10 heavy (non-hydrogen) atoms. The minimum atomic E-state index is -0.588. The van der Waals surface area contributed by atoms with Gasteiger partial charge in [0.2, 0.25) is 5.88 Å². The van der Waals surface area contributed by atoms with Crippen LogP contribution in [-0.4, -0.2) is 27.8 Å². The number of aliphatic hydroxyl groups is 2. The Kier molecular flexibility index (Phi) is 1.53. The number of aliphatic imine (C=N–C) groups is 1. The predicted octanol–water partition coefficient (Wildman–Crippen LogP) is 0.297. The average molecular weight is 143 g/mol. The normalized spacial score (nSPS) is 17.8. The summed E-state index contributed by atoms with van der Waals surface area (Å²) < 4.78 is 0. The minimum Gasteiger partial charge on any atom is -0.493 e. The Balaban J connectivity index is 2.77. The Labute approximate surface area is 56.0 Å². The van der Waals surface area contributed by atoms with Gasteiger partial charge < -0.3 is 10.2 Å². The SMILES string of the molecule is O=NN1CC=C(O)N=C1O. The van der Waals surface area contributed by atoms with Gasteiger partial charge in [-0.05, 0) is 6.08 Å². The van der Waals surface area contributed by atoms with Crippen molar-refractivity contribution in [1.29, 1.82) is 0 Å². The van der Waals surface area contributed by atoms with Crippen molar-refractivity contribution in [3.8, 4) is 0 Å². The van der Waals surface area contributed by atoms with E-state index in [-0.39, 0.29) is 12.4 Å². The van der Waals surface area contributed by atoms with Gasteiger partial charge in [-0.3, -0.25) is 0 Å². The fraction of sp³-hybridized carbons (Fsp3) is 0.250. The fourth-order valence-electron chi connectivity index (χ4n) is 0.525. The lowest BCUT2D eigenvalue weighted by Crippen LogP contribution is -2.27. The molecule has 0 bridgehead atoms. The van der Waals surface area contributed by atoms with Gasteiger partial charge in [0.1, 0.15) is 0 Å². The second kappa shape index (κ2) is 2.34. The van der Waals surface area contributed by atoms with Gasteiger partial charge in [0.15, 0.2) is 0 Å². The molecule has 0 fully saturated rings. The average Bonchev–Trinajstić information content (AvgIpc) is 1.88. The highest BCUT2D eigenvalue weighted by Gasteiger charge is 2.13. The number of nitroso groups, excluding NO2 is 1. The molecule has 1 aliphatic heterocycles. The number of rotatable bonds is 1. The van der Waals surface area contributed by atoms with Crippen LogP contribution in [0.3, 0.4) is 0 Å². The molecule has 0 spiro atoms. The van der Waals surface area contributed by atoms with Crippen molar-refractivity contribution in [3.05, 3.63) is 16.9 Å². The first-order valence-corrected chi connectivity index (χ1v) is 2.51. The van der Waals surface area contributed by atoms with Gasteiger partial charge in [-0.2, -0.15) is 10.0 Å². The maximum atomic E-state index is 9.80. The topological polar surface area (TPSA) is 85.5 Å². The maximum absolute atomic E-state index is 9.80. The third-order valence-electron chi connectivity index (χ3n) is 0.991. The largest absolute Gasteiger partial charge is 0.493 e. The van der Waals surface area contributed by atoms with E-state index in [0.29, 0.717) is 5.01 Å². The van der Waals surface area contributed by atoms with Crippen molar-refractivity contribution >= 4 is 6.02 Å². The minimum absolute atomic E-state index is 0.0463. The number of amidine groups is 1. The van der Waals surface area contributed by atoms with E-state index in [1.807, 2.05) is 0 Å². The van der Waals surface area contributed by atoms with Crippen molar-refractivity contribution in [2.75, 3.05) is 6.54 Å². The van der Waals surface area contributed by atoms with E-state index in [4.69, 9.17) is 10.2 Å². The summed E-state index contributed by atoms with van der Waals surface area (Å²) in [5, 5.41) is 20.5. The maximum Gasteiger partial charge on any atom is 0.316 e. The summed E-state index contributed by atoms with van der Waals surface area (Å²) in [5.74, 6) is -0.308. The van der Waals surface area contributed by atoms with E-state index in [1.54, 1.807) is 0 Å². The van der Waals surface area contributed by atoms with Gasteiger partial charge in [-0.15, -0.1) is 4.91 Å². The second-order valence-electron chi connectivity index (χ2n) is 1.64. The van der Waals surface area contributed by atoms with Crippen LogP contribution in [0.4, 0.5) is 0 Å². The molecule has 6 nitrogen and oxygen atoms in total. The van der Waals surface area contributed by atoms with Gasteiger partial charge in [0.05, 0.1) is 11.8 Å². The van der Waals surface area contributed by atoms with Gasteiger partial charge in [0, 0.05) is 0 Å². The molecule has 0 aliphatic carbocycles. The summed E-state index contributed by atoms with van der Waals surface area (Å²) >= 11 is 0. The Hall–Kier alpha value is -1.59. The van der Waals surface area contributed by atoms with Crippen LogP contribution in [0.15, 0.2) is 22.2 Å². The lowest BCUT2D eigenvalue weighted by molar-refractivity contribution is 0.325. The molecule has 0 saturated carbocycles. The first kappa shape index (κ1) is 6.53. The van der Waals surface area contributed by atoms with Gasteiger partial charge in [0.25, 0.3) is 0 Å². The molecule has 0 aromatic rings. The van der Waals surface area contributed by atoms with Crippen LogP contribution >= 0.6 is 0 Å². The number of nitrogens with zero attached hydrogens (tertiary/aromatic N) is 3. The molecule has 2 N–H and O–H groups in total. The molecule has 0 saturated heterocycles. The lowest BCUT2D eigenvalue weighted by Gasteiger charge is -2.12. The predicted molar refractivity (Wildman–Crippen MR) is 33.3 cm³/mol. The number of hydrogen-bond donors (Lipinski definition) is 2. The molecule has 54 valence electrons. The summed E-state index contributed by atoms with van der Waals surface area (Å²) in [5.41, 5.74) is 0. The summed E-state index contributed by atoms with van der Waals surface area (Å²) in [4.78, 5) is 13.0. The lowest BCUT2D eigenvalue weighted by atomic mass is 10.5. The van der Waals surface area contributed by atoms with Crippen molar-refractivity contribution < 1.29 is 10.2 Å². The first-order chi connectivity index (χ1) is 4.74. The van der Waals surface area contributed by atoms with Crippen LogP contribution in [0.2, 0.25) is 0 Å². The van der Waals surface area contributed by atoms with E-state index in [0.717, 1.165) is 0 Å². The van der Waals surface area contributed by atoms with Crippen molar-refractivity contribution in [2.45, 2.75) is 0 Å².